The van der Waals surface area contributed by atoms with Crippen molar-refractivity contribution in [2.45, 2.75) is 13.5 Å². The van der Waals surface area contributed by atoms with E-state index in [1.54, 1.807) is 35.2 Å². The number of carbonyl (C=O) groups excluding carboxylic acids is 2. The van der Waals surface area contributed by atoms with Crippen LogP contribution in [0.1, 0.15) is 22.8 Å². The summed E-state index contributed by atoms with van der Waals surface area (Å²) in [6, 6.07) is 10.7. The van der Waals surface area contributed by atoms with Gasteiger partial charge in [-0.3, -0.25) is 9.59 Å². The number of hydrogen-bond acceptors (Lipinski definition) is 5. The largest absolute Gasteiger partial charge is 0.490 e. The Bertz CT molecular complexity index is 866. The molecule has 30 heavy (non-hydrogen) atoms. The van der Waals surface area contributed by atoms with Gasteiger partial charge in [-0.1, -0.05) is 12.1 Å². The molecule has 1 aliphatic heterocycles. The van der Waals surface area contributed by atoms with Crippen molar-refractivity contribution in [1.29, 1.82) is 0 Å². The van der Waals surface area contributed by atoms with Crippen LogP contribution < -0.4 is 14.8 Å². The molecule has 0 spiro atoms. The van der Waals surface area contributed by atoms with Gasteiger partial charge in [0.2, 0.25) is 0 Å². The minimum atomic E-state index is -0.325. The van der Waals surface area contributed by atoms with Crippen LogP contribution in [0, 0.1) is 5.82 Å². The molecule has 0 atom stereocenters. The first-order valence-electron chi connectivity index (χ1n) is 9.84. The van der Waals surface area contributed by atoms with Gasteiger partial charge in [-0.15, -0.1) is 0 Å². The van der Waals surface area contributed by atoms with Gasteiger partial charge < -0.3 is 24.4 Å². The highest BCUT2D eigenvalue weighted by Crippen LogP contribution is 2.28. The van der Waals surface area contributed by atoms with Crippen molar-refractivity contribution in [3.63, 3.8) is 0 Å². The van der Waals surface area contributed by atoms with Crippen molar-refractivity contribution in [1.82, 2.24) is 10.2 Å². The molecule has 160 valence electrons. The van der Waals surface area contributed by atoms with Crippen LogP contribution in [0.25, 0.3) is 0 Å². The SMILES string of the molecule is CCOc1cc(C(=O)NCc2ccc(F)cc2)ccc1OCC(=O)N1CCOCC1. The summed E-state index contributed by atoms with van der Waals surface area (Å²) in [4.78, 5) is 26.4. The van der Waals surface area contributed by atoms with Crippen molar-refractivity contribution in [3.8, 4) is 11.5 Å². The molecule has 8 heteroatoms. The van der Waals surface area contributed by atoms with E-state index in [0.29, 0.717) is 50.0 Å². The van der Waals surface area contributed by atoms with E-state index in [-0.39, 0.29) is 30.8 Å². The minimum absolute atomic E-state index is 0.115. The van der Waals surface area contributed by atoms with Crippen molar-refractivity contribution >= 4 is 11.8 Å². The second-order valence-corrected chi connectivity index (χ2v) is 6.69. The zero-order valence-corrected chi connectivity index (χ0v) is 16.9. The molecule has 1 N–H and O–H groups in total. The Hall–Kier alpha value is -3.13. The summed E-state index contributed by atoms with van der Waals surface area (Å²) in [5.74, 6) is 0.0439. The molecule has 0 saturated carbocycles. The van der Waals surface area contributed by atoms with E-state index in [4.69, 9.17) is 14.2 Å². The summed E-state index contributed by atoms with van der Waals surface area (Å²) >= 11 is 0. The van der Waals surface area contributed by atoms with Gasteiger partial charge in [0.1, 0.15) is 5.82 Å². The van der Waals surface area contributed by atoms with Gasteiger partial charge in [0.15, 0.2) is 18.1 Å². The number of nitrogens with one attached hydrogen (secondary N) is 1. The number of carbonyl (C=O) groups is 2. The number of hydrogen-bond donors (Lipinski definition) is 1. The number of amides is 2. The predicted octanol–water partition coefficient (Wildman–Crippen LogP) is 2.39. The number of halogens is 1. The maximum absolute atomic E-state index is 13.0. The molecule has 3 rings (SSSR count). The van der Waals surface area contributed by atoms with Crippen LogP contribution in [0.15, 0.2) is 42.5 Å². The number of ether oxygens (including phenoxy) is 3. The lowest BCUT2D eigenvalue weighted by Gasteiger charge is -2.26. The lowest BCUT2D eigenvalue weighted by molar-refractivity contribution is -0.137. The molecule has 2 amide bonds. The number of nitrogens with zero attached hydrogens (tertiary/aromatic N) is 1. The summed E-state index contributed by atoms with van der Waals surface area (Å²) in [5.41, 5.74) is 1.18. The fourth-order valence-electron chi connectivity index (χ4n) is 2.97. The zero-order chi connectivity index (χ0) is 21.3. The Morgan fingerprint density at radius 3 is 2.50 bits per heavy atom. The third-order valence-corrected chi connectivity index (χ3v) is 4.59. The second kappa shape index (κ2) is 10.6. The second-order valence-electron chi connectivity index (χ2n) is 6.69. The van der Waals surface area contributed by atoms with Gasteiger partial charge in [0, 0.05) is 25.2 Å². The van der Waals surface area contributed by atoms with E-state index < -0.39 is 0 Å². The molecule has 0 aromatic heterocycles. The molecule has 1 fully saturated rings. The van der Waals surface area contributed by atoms with Crippen LogP contribution in [-0.4, -0.2) is 56.2 Å². The van der Waals surface area contributed by atoms with Gasteiger partial charge in [-0.05, 0) is 42.8 Å². The average molecular weight is 416 g/mol. The highest BCUT2D eigenvalue weighted by molar-refractivity contribution is 5.94. The Morgan fingerprint density at radius 1 is 1.07 bits per heavy atom. The predicted molar refractivity (Wildman–Crippen MR) is 108 cm³/mol. The van der Waals surface area contributed by atoms with Crippen molar-refractivity contribution < 1.29 is 28.2 Å². The van der Waals surface area contributed by atoms with E-state index in [1.807, 2.05) is 6.92 Å². The first-order valence-corrected chi connectivity index (χ1v) is 9.84. The molecule has 7 nitrogen and oxygen atoms in total. The Morgan fingerprint density at radius 2 is 1.80 bits per heavy atom. The first kappa shape index (κ1) is 21.6. The number of benzene rings is 2. The summed E-state index contributed by atoms with van der Waals surface area (Å²) in [5, 5.41) is 2.79. The lowest BCUT2D eigenvalue weighted by Crippen LogP contribution is -2.43. The summed E-state index contributed by atoms with van der Waals surface area (Å²) < 4.78 is 29.5. The molecule has 0 bridgehead atoms. The fourth-order valence-corrected chi connectivity index (χ4v) is 2.97. The Kier molecular flexibility index (Phi) is 7.62. The molecule has 2 aromatic rings. The van der Waals surface area contributed by atoms with Gasteiger partial charge in [0.25, 0.3) is 11.8 Å². The van der Waals surface area contributed by atoms with Crippen LogP contribution in [0.3, 0.4) is 0 Å². The summed E-state index contributed by atoms with van der Waals surface area (Å²) in [7, 11) is 0. The average Bonchev–Trinajstić information content (AvgIpc) is 2.78. The van der Waals surface area contributed by atoms with Crippen LogP contribution >= 0.6 is 0 Å². The van der Waals surface area contributed by atoms with Gasteiger partial charge in [0.05, 0.1) is 19.8 Å². The van der Waals surface area contributed by atoms with Gasteiger partial charge >= 0.3 is 0 Å². The Balaban J connectivity index is 1.61. The molecule has 1 aliphatic rings. The van der Waals surface area contributed by atoms with Crippen molar-refractivity contribution in [2.75, 3.05) is 39.5 Å². The normalized spacial score (nSPS) is 13.6. The van der Waals surface area contributed by atoms with E-state index in [1.165, 1.54) is 12.1 Å². The van der Waals surface area contributed by atoms with E-state index in [2.05, 4.69) is 5.32 Å². The van der Waals surface area contributed by atoms with Crippen LogP contribution in [0.4, 0.5) is 4.39 Å². The molecular weight excluding hydrogens is 391 g/mol. The quantitative estimate of drug-likeness (QED) is 0.715. The highest BCUT2D eigenvalue weighted by Gasteiger charge is 2.18. The number of rotatable bonds is 8. The Labute approximate surface area is 174 Å². The maximum Gasteiger partial charge on any atom is 0.260 e. The van der Waals surface area contributed by atoms with E-state index >= 15 is 0 Å². The van der Waals surface area contributed by atoms with E-state index in [0.717, 1.165) is 5.56 Å². The van der Waals surface area contributed by atoms with Crippen molar-refractivity contribution in [2.24, 2.45) is 0 Å². The minimum Gasteiger partial charge on any atom is -0.490 e. The smallest absolute Gasteiger partial charge is 0.260 e. The standard InChI is InChI=1S/C22H25FN2O5/c1-2-29-20-13-17(22(27)24-14-16-3-6-18(23)7-4-16)5-8-19(20)30-15-21(26)25-9-11-28-12-10-25/h3-8,13H,2,9-12,14-15H2,1H3,(H,24,27). The lowest BCUT2D eigenvalue weighted by atomic mass is 10.1. The van der Waals surface area contributed by atoms with E-state index in [9.17, 15) is 14.0 Å². The first-order chi connectivity index (χ1) is 14.6. The third-order valence-electron chi connectivity index (χ3n) is 4.59. The molecular formula is C22H25FN2O5. The molecule has 0 aliphatic carbocycles. The molecule has 1 heterocycles. The summed E-state index contributed by atoms with van der Waals surface area (Å²) in [6.45, 7) is 4.51. The molecule has 2 aromatic carbocycles. The zero-order valence-electron chi connectivity index (χ0n) is 16.9. The van der Waals surface area contributed by atoms with Crippen LogP contribution in [-0.2, 0) is 16.1 Å². The molecule has 0 radical (unpaired) electrons. The number of morpholine rings is 1. The third kappa shape index (κ3) is 5.93. The van der Waals surface area contributed by atoms with Crippen LogP contribution in [0.2, 0.25) is 0 Å². The monoisotopic (exact) mass is 416 g/mol. The topological polar surface area (TPSA) is 77.1 Å². The van der Waals surface area contributed by atoms with Gasteiger partial charge in [-0.2, -0.15) is 0 Å². The van der Waals surface area contributed by atoms with Crippen LogP contribution in [0.5, 0.6) is 11.5 Å². The maximum atomic E-state index is 13.0. The summed E-state index contributed by atoms with van der Waals surface area (Å²) in [6.07, 6.45) is 0. The van der Waals surface area contributed by atoms with Crippen molar-refractivity contribution in [3.05, 3.63) is 59.4 Å². The molecule has 1 saturated heterocycles. The van der Waals surface area contributed by atoms with Gasteiger partial charge in [-0.25, -0.2) is 4.39 Å². The fraction of sp³-hybridized carbons (Fsp3) is 0.364. The highest BCUT2D eigenvalue weighted by atomic mass is 19.1. The molecule has 0 unspecified atom stereocenters.